The van der Waals surface area contributed by atoms with Gasteiger partial charge in [-0.05, 0) is 39.0 Å². The quantitative estimate of drug-likeness (QED) is 0.720. The van der Waals surface area contributed by atoms with Crippen molar-refractivity contribution in [3.8, 4) is 0 Å². The Kier molecular flexibility index (Phi) is 6.42. The third-order valence-corrected chi connectivity index (χ3v) is 8.15. The summed E-state index contributed by atoms with van der Waals surface area (Å²) in [5.41, 5.74) is 1.02. The van der Waals surface area contributed by atoms with E-state index in [1.54, 1.807) is 11.0 Å². The van der Waals surface area contributed by atoms with E-state index in [9.17, 15) is 13.2 Å². The lowest BCUT2D eigenvalue weighted by atomic mass is 10.2. The first-order valence-electron chi connectivity index (χ1n) is 9.48. The van der Waals surface area contributed by atoms with Crippen molar-refractivity contribution in [1.29, 1.82) is 0 Å². The molecule has 1 aliphatic rings. The molecule has 3 rings (SSSR count). The highest BCUT2D eigenvalue weighted by Gasteiger charge is 2.32. The monoisotopic (exact) mass is 421 g/mol. The second-order valence-corrected chi connectivity index (χ2v) is 10.3. The summed E-state index contributed by atoms with van der Waals surface area (Å²) >= 11 is 1.50. The van der Waals surface area contributed by atoms with Gasteiger partial charge in [0.25, 0.3) is 0 Å². The van der Waals surface area contributed by atoms with E-state index >= 15 is 0 Å². The summed E-state index contributed by atoms with van der Waals surface area (Å²) in [5.74, 6) is 0.0327. The summed E-state index contributed by atoms with van der Waals surface area (Å²) in [4.78, 5) is 18.7. The number of likely N-dealkylation sites (N-methyl/N-ethyl adjacent to an activating group) is 1. The van der Waals surface area contributed by atoms with E-state index in [-0.39, 0.29) is 5.91 Å². The fourth-order valence-electron chi connectivity index (χ4n) is 3.47. The third kappa shape index (κ3) is 4.39. The van der Waals surface area contributed by atoms with Gasteiger partial charge in [0.05, 0.1) is 11.4 Å². The molecule has 1 aromatic heterocycles. The zero-order valence-corrected chi connectivity index (χ0v) is 18.2. The molecule has 6 nitrogen and oxygen atoms in total. The maximum atomic E-state index is 12.9. The van der Waals surface area contributed by atoms with Gasteiger partial charge >= 0.3 is 0 Å². The molecule has 0 saturated carbocycles. The first-order chi connectivity index (χ1) is 13.3. The lowest BCUT2D eigenvalue weighted by Gasteiger charge is -2.35. The molecule has 1 aromatic carbocycles. The molecule has 0 unspecified atom stereocenters. The molecule has 152 valence electrons. The Hall–Kier alpha value is -1.90. The second kappa shape index (κ2) is 8.63. The van der Waals surface area contributed by atoms with E-state index in [0.29, 0.717) is 37.6 Å². The molecule has 2 aromatic rings. The maximum Gasteiger partial charge on any atom is 0.244 e. The van der Waals surface area contributed by atoms with Crippen LogP contribution in [0.3, 0.4) is 0 Å². The Morgan fingerprint density at radius 3 is 2.29 bits per heavy atom. The summed E-state index contributed by atoms with van der Waals surface area (Å²) in [6.07, 6.45) is 0. The van der Waals surface area contributed by atoms with Crippen LogP contribution in [-0.4, -0.2) is 62.8 Å². The number of benzene rings is 1. The van der Waals surface area contributed by atoms with Crippen molar-refractivity contribution in [2.75, 3.05) is 44.2 Å². The fourth-order valence-corrected chi connectivity index (χ4v) is 6.41. The number of anilines is 1. The molecule has 2 heterocycles. The number of hydrogen-bond acceptors (Lipinski definition) is 5. The zero-order valence-electron chi connectivity index (χ0n) is 16.6. The molecule has 28 heavy (non-hydrogen) atoms. The molecular formula is C20H27N3O3S2. The van der Waals surface area contributed by atoms with Gasteiger partial charge in [0.15, 0.2) is 0 Å². The van der Waals surface area contributed by atoms with Gasteiger partial charge in [0.1, 0.15) is 0 Å². The standard InChI is InChI=1S/C20H27N3O3S2/c1-4-21(18-8-6-5-7-9-18)15-20(24)22-10-12-23(13-11-22)28(25,26)19-14-16(2)27-17(19)3/h5-9,14H,4,10-13,15H2,1-3H3. The molecule has 1 aliphatic heterocycles. The molecule has 1 saturated heterocycles. The summed E-state index contributed by atoms with van der Waals surface area (Å²) in [6, 6.07) is 11.6. The average molecular weight is 422 g/mol. The minimum atomic E-state index is -3.50. The number of sulfonamides is 1. The topological polar surface area (TPSA) is 60.9 Å². The second-order valence-electron chi connectivity index (χ2n) is 6.91. The van der Waals surface area contributed by atoms with E-state index in [1.807, 2.05) is 56.0 Å². The number of nitrogens with zero attached hydrogens (tertiary/aromatic N) is 3. The molecule has 0 aliphatic carbocycles. The van der Waals surface area contributed by atoms with Gasteiger partial charge in [-0.2, -0.15) is 4.31 Å². The Morgan fingerprint density at radius 1 is 1.11 bits per heavy atom. The van der Waals surface area contributed by atoms with E-state index < -0.39 is 10.0 Å². The van der Waals surface area contributed by atoms with Crippen LogP contribution in [0.15, 0.2) is 41.3 Å². The minimum Gasteiger partial charge on any atom is -0.362 e. The molecular weight excluding hydrogens is 394 g/mol. The molecule has 0 bridgehead atoms. The molecule has 0 radical (unpaired) electrons. The average Bonchev–Trinajstić information content (AvgIpc) is 3.05. The van der Waals surface area contributed by atoms with Crippen molar-refractivity contribution >= 4 is 33.0 Å². The lowest BCUT2D eigenvalue weighted by molar-refractivity contribution is -0.130. The number of carbonyl (C=O) groups is 1. The molecule has 0 atom stereocenters. The lowest BCUT2D eigenvalue weighted by Crippen LogP contribution is -2.52. The van der Waals surface area contributed by atoms with Crippen LogP contribution in [0.4, 0.5) is 5.69 Å². The van der Waals surface area contributed by atoms with Crippen molar-refractivity contribution < 1.29 is 13.2 Å². The van der Waals surface area contributed by atoms with Crippen LogP contribution in [0.2, 0.25) is 0 Å². The number of amides is 1. The molecule has 1 amide bonds. The first kappa shape index (κ1) is 20.8. The number of rotatable bonds is 6. The summed E-state index contributed by atoms with van der Waals surface area (Å²) in [6.45, 7) is 8.33. The van der Waals surface area contributed by atoms with Crippen LogP contribution in [0.1, 0.15) is 16.7 Å². The molecule has 1 fully saturated rings. The van der Waals surface area contributed by atoms with E-state index in [4.69, 9.17) is 0 Å². The van der Waals surface area contributed by atoms with Crippen molar-refractivity contribution in [2.24, 2.45) is 0 Å². The Balaban J connectivity index is 1.62. The van der Waals surface area contributed by atoms with Gasteiger partial charge < -0.3 is 9.80 Å². The van der Waals surface area contributed by atoms with Crippen LogP contribution >= 0.6 is 11.3 Å². The smallest absolute Gasteiger partial charge is 0.244 e. The highest BCUT2D eigenvalue weighted by Crippen LogP contribution is 2.28. The molecule has 0 spiro atoms. The SMILES string of the molecule is CCN(CC(=O)N1CCN(S(=O)(=O)c2cc(C)sc2C)CC1)c1ccccc1. The van der Waals surface area contributed by atoms with Gasteiger partial charge in [-0.25, -0.2) is 8.42 Å². The van der Waals surface area contributed by atoms with E-state index in [2.05, 4.69) is 0 Å². The number of hydrogen-bond donors (Lipinski definition) is 0. The summed E-state index contributed by atoms with van der Waals surface area (Å²) < 4.78 is 27.4. The summed E-state index contributed by atoms with van der Waals surface area (Å²) in [5, 5.41) is 0. The number of aryl methyl sites for hydroxylation is 2. The normalized spacial score (nSPS) is 15.6. The van der Waals surface area contributed by atoms with Gasteiger partial charge in [-0.15, -0.1) is 11.3 Å². The Labute approximate surface area is 171 Å². The number of piperazine rings is 1. The largest absolute Gasteiger partial charge is 0.362 e. The summed E-state index contributed by atoms with van der Waals surface area (Å²) in [7, 11) is -3.50. The Bertz CT molecular complexity index is 917. The highest BCUT2D eigenvalue weighted by atomic mass is 32.2. The van der Waals surface area contributed by atoms with Crippen LogP contribution in [0.25, 0.3) is 0 Å². The zero-order chi connectivity index (χ0) is 20.3. The van der Waals surface area contributed by atoms with E-state index in [1.165, 1.54) is 15.6 Å². The van der Waals surface area contributed by atoms with Gasteiger partial charge in [-0.3, -0.25) is 4.79 Å². The van der Waals surface area contributed by atoms with Gasteiger partial charge in [0, 0.05) is 48.2 Å². The van der Waals surface area contributed by atoms with Gasteiger partial charge in [-0.1, -0.05) is 18.2 Å². The minimum absolute atomic E-state index is 0.0327. The molecule has 8 heteroatoms. The Morgan fingerprint density at radius 2 is 1.75 bits per heavy atom. The predicted molar refractivity (Wildman–Crippen MR) is 113 cm³/mol. The van der Waals surface area contributed by atoms with Crippen LogP contribution in [0, 0.1) is 13.8 Å². The first-order valence-corrected chi connectivity index (χ1v) is 11.7. The highest BCUT2D eigenvalue weighted by molar-refractivity contribution is 7.89. The van der Waals surface area contributed by atoms with Crippen LogP contribution < -0.4 is 4.90 Å². The van der Waals surface area contributed by atoms with Crippen molar-refractivity contribution in [3.63, 3.8) is 0 Å². The predicted octanol–water partition coefficient (Wildman–Crippen LogP) is 2.72. The van der Waals surface area contributed by atoms with E-state index in [0.717, 1.165) is 22.0 Å². The molecule has 0 N–H and O–H groups in total. The van der Waals surface area contributed by atoms with Gasteiger partial charge in [0.2, 0.25) is 15.9 Å². The van der Waals surface area contributed by atoms with Crippen LogP contribution in [0.5, 0.6) is 0 Å². The number of carbonyl (C=O) groups excluding carboxylic acids is 1. The van der Waals surface area contributed by atoms with Crippen molar-refractivity contribution in [1.82, 2.24) is 9.21 Å². The number of thiophene rings is 1. The van der Waals surface area contributed by atoms with Crippen LogP contribution in [-0.2, 0) is 14.8 Å². The maximum absolute atomic E-state index is 12.9. The fraction of sp³-hybridized carbons (Fsp3) is 0.450. The number of para-hydroxylation sites is 1. The third-order valence-electron chi connectivity index (χ3n) is 5.03. The van der Waals surface area contributed by atoms with Crippen molar-refractivity contribution in [3.05, 3.63) is 46.2 Å². The van der Waals surface area contributed by atoms with Crippen molar-refractivity contribution in [2.45, 2.75) is 25.7 Å².